The van der Waals surface area contributed by atoms with Crippen LogP contribution >= 0.6 is 22.9 Å². The Hall–Kier alpha value is -1.36. The van der Waals surface area contributed by atoms with E-state index in [0.29, 0.717) is 13.1 Å². The van der Waals surface area contributed by atoms with Gasteiger partial charge in [0.2, 0.25) is 5.91 Å². The average Bonchev–Trinajstić information content (AvgIpc) is 2.93. The minimum absolute atomic E-state index is 0.0698. The van der Waals surface area contributed by atoms with Crippen LogP contribution in [0.3, 0.4) is 0 Å². The van der Waals surface area contributed by atoms with Crippen molar-refractivity contribution in [1.82, 2.24) is 10.2 Å². The van der Waals surface area contributed by atoms with Gasteiger partial charge in [-0.15, -0.1) is 11.3 Å². The van der Waals surface area contributed by atoms with Crippen LogP contribution in [0, 0.1) is 0 Å². The second-order valence-electron chi connectivity index (χ2n) is 5.09. The van der Waals surface area contributed by atoms with Crippen LogP contribution in [0.15, 0.2) is 42.5 Å². The van der Waals surface area contributed by atoms with E-state index in [9.17, 15) is 4.79 Å². The average molecular weight is 337 g/mol. The topological polar surface area (TPSA) is 32.3 Å². The second kappa shape index (κ2) is 8.93. The molecule has 1 aromatic heterocycles. The maximum atomic E-state index is 12.0. The third-order valence-electron chi connectivity index (χ3n) is 3.40. The Bertz CT molecular complexity index is 585. The van der Waals surface area contributed by atoms with Gasteiger partial charge >= 0.3 is 0 Å². The van der Waals surface area contributed by atoms with E-state index in [2.05, 4.69) is 29.3 Å². The summed E-state index contributed by atoms with van der Waals surface area (Å²) in [5.41, 5.74) is 1.24. The van der Waals surface area contributed by atoms with Crippen molar-refractivity contribution in [3.63, 3.8) is 0 Å². The van der Waals surface area contributed by atoms with Crippen LogP contribution in [0.5, 0.6) is 0 Å². The number of rotatable bonds is 8. The molecule has 1 amide bonds. The van der Waals surface area contributed by atoms with E-state index in [4.69, 9.17) is 11.6 Å². The van der Waals surface area contributed by atoms with Crippen LogP contribution < -0.4 is 5.32 Å². The lowest BCUT2D eigenvalue weighted by atomic mass is 10.1. The van der Waals surface area contributed by atoms with E-state index in [1.165, 1.54) is 10.4 Å². The molecule has 2 rings (SSSR count). The van der Waals surface area contributed by atoms with Crippen molar-refractivity contribution in [1.29, 1.82) is 0 Å². The smallest absolute Gasteiger partial charge is 0.234 e. The molecule has 5 heteroatoms. The van der Waals surface area contributed by atoms with Crippen molar-refractivity contribution in [3.05, 3.63) is 57.2 Å². The number of carbonyl (C=O) groups is 1. The van der Waals surface area contributed by atoms with Crippen molar-refractivity contribution in [2.75, 3.05) is 19.6 Å². The lowest BCUT2D eigenvalue weighted by molar-refractivity contribution is -0.122. The summed E-state index contributed by atoms with van der Waals surface area (Å²) in [6.07, 6.45) is 0.860. The predicted molar refractivity (Wildman–Crippen MR) is 93.4 cm³/mol. The highest BCUT2D eigenvalue weighted by molar-refractivity contribution is 7.16. The number of benzene rings is 1. The molecule has 118 valence electrons. The summed E-state index contributed by atoms with van der Waals surface area (Å²) >= 11 is 7.51. The molecule has 0 unspecified atom stereocenters. The van der Waals surface area contributed by atoms with Crippen molar-refractivity contribution in [2.24, 2.45) is 0 Å². The highest BCUT2D eigenvalue weighted by Crippen LogP contribution is 2.22. The van der Waals surface area contributed by atoms with Crippen molar-refractivity contribution >= 4 is 28.8 Å². The Labute approximate surface area is 140 Å². The van der Waals surface area contributed by atoms with Crippen molar-refractivity contribution in [2.45, 2.75) is 19.9 Å². The third kappa shape index (κ3) is 5.79. The number of thiophene rings is 1. The molecule has 1 N–H and O–H groups in total. The molecule has 0 saturated heterocycles. The highest BCUT2D eigenvalue weighted by atomic mass is 35.5. The normalized spacial score (nSPS) is 10.9. The molecule has 0 bridgehead atoms. The third-order valence-corrected chi connectivity index (χ3v) is 4.62. The van der Waals surface area contributed by atoms with Crippen LogP contribution in [0.1, 0.15) is 17.4 Å². The Kier molecular flexibility index (Phi) is 6.90. The lowest BCUT2D eigenvalue weighted by Crippen LogP contribution is -2.37. The molecule has 0 fully saturated rings. The van der Waals surface area contributed by atoms with Crippen LogP contribution in [-0.4, -0.2) is 30.4 Å². The van der Waals surface area contributed by atoms with Gasteiger partial charge in [0.1, 0.15) is 0 Å². The number of nitrogens with one attached hydrogen (secondary N) is 1. The Balaban J connectivity index is 1.72. The van der Waals surface area contributed by atoms with Gasteiger partial charge in [-0.25, -0.2) is 0 Å². The number of nitrogens with zero attached hydrogens (tertiary/aromatic N) is 1. The molecule has 0 aliphatic rings. The summed E-state index contributed by atoms with van der Waals surface area (Å²) in [6.45, 7) is 4.75. The molecule has 0 spiro atoms. The number of carbonyl (C=O) groups excluding carboxylic acids is 1. The fourth-order valence-electron chi connectivity index (χ4n) is 2.19. The van der Waals surface area contributed by atoms with E-state index in [0.717, 1.165) is 23.8 Å². The fourth-order valence-corrected chi connectivity index (χ4v) is 3.32. The van der Waals surface area contributed by atoms with E-state index >= 15 is 0 Å². The standard InChI is InChI=1S/C17H21ClN2OS/c1-2-20(12-15-8-9-16(18)22-15)13-17(21)19-11-10-14-6-4-3-5-7-14/h3-9H,2,10-13H2,1H3,(H,19,21). The first-order valence-corrected chi connectivity index (χ1v) is 8.64. The quantitative estimate of drug-likeness (QED) is 0.799. The summed E-state index contributed by atoms with van der Waals surface area (Å²) in [5, 5.41) is 2.98. The number of likely N-dealkylation sites (N-methyl/N-ethyl adjacent to an activating group) is 1. The highest BCUT2D eigenvalue weighted by Gasteiger charge is 2.10. The van der Waals surface area contributed by atoms with Crippen LogP contribution in [0.25, 0.3) is 0 Å². The van der Waals surface area contributed by atoms with Gasteiger partial charge in [0.05, 0.1) is 10.9 Å². The number of hydrogen-bond acceptors (Lipinski definition) is 3. The largest absolute Gasteiger partial charge is 0.355 e. The van der Waals surface area contributed by atoms with Crippen molar-refractivity contribution < 1.29 is 4.79 Å². The van der Waals surface area contributed by atoms with Crippen LogP contribution in [0.4, 0.5) is 0 Å². The molecule has 0 aliphatic heterocycles. The van der Waals surface area contributed by atoms with Crippen LogP contribution in [0.2, 0.25) is 4.34 Å². The lowest BCUT2D eigenvalue weighted by Gasteiger charge is -2.19. The van der Waals surface area contributed by atoms with Gasteiger partial charge in [-0.1, -0.05) is 48.9 Å². The van der Waals surface area contributed by atoms with Gasteiger partial charge in [0, 0.05) is 18.0 Å². The maximum Gasteiger partial charge on any atom is 0.234 e. The number of hydrogen-bond donors (Lipinski definition) is 1. The summed E-state index contributed by atoms with van der Waals surface area (Å²) in [5.74, 6) is 0.0698. The van der Waals surface area contributed by atoms with Crippen LogP contribution in [-0.2, 0) is 17.8 Å². The van der Waals surface area contributed by atoms with Gasteiger partial charge in [-0.3, -0.25) is 9.69 Å². The molecule has 3 nitrogen and oxygen atoms in total. The number of halogens is 1. The molecule has 0 radical (unpaired) electrons. The van der Waals surface area contributed by atoms with Gasteiger partial charge < -0.3 is 5.32 Å². The minimum atomic E-state index is 0.0698. The second-order valence-corrected chi connectivity index (χ2v) is 6.89. The zero-order chi connectivity index (χ0) is 15.8. The molecule has 22 heavy (non-hydrogen) atoms. The molecule has 1 heterocycles. The van der Waals surface area contributed by atoms with E-state index in [1.54, 1.807) is 11.3 Å². The monoisotopic (exact) mass is 336 g/mol. The summed E-state index contributed by atoms with van der Waals surface area (Å²) < 4.78 is 0.790. The number of amides is 1. The Morgan fingerprint density at radius 2 is 2.00 bits per heavy atom. The fraction of sp³-hybridized carbons (Fsp3) is 0.353. The first-order chi connectivity index (χ1) is 10.7. The Morgan fingerprint density at radius 1 is 1.23 bits per heavy atom. The molecule has 0 saturated carbocycles. The van der Waals surface area contributed by atoms with Gasteiger partial charge in [0.25, 0.3) is 0 Å². The summed E-state index contributed by atoms with van der Waals surface area (Å²) in [6, 6.07) is 14.1. The molecule has 2 aromatic rings. The van der Waals surface area contributed by atoms with Gasteiger partial charge in [-0.2, -0.15) is 0 Å². The molecular weight excluding hydrogens is 316 g/mol. The minimum Gasteiger partial charge on any atom is -0.355 e. The first-order valence-electron chi connectivity index (χ1n) is 7.44. The summed E-state index contributed by atoms with van der Waals surface area (Å²) in [7, 11) is 0. The maximum absolute atomic E-state index is 12.0. The Morgan fingerprint density at radius 3 is 2.64 bits per heavy atom. The summed E-state index contributed by atoms with van der Waals surface area (Å²) in [4.78, 5) is 15.3. The van der Waals surface area contributed by atoms with E-state index < -0.39 is 0 Å². The molecule has 0 aliphatic carbocycles. The molecular formula is C17H21ClN2OS. The SMILES string of the molecule is CCN(CC(=O)NCCc1ccccc1)Cc1ccc(Cl)s1. The predicted octanol–water partition coefficient (Wildman–Crippen LogP) is 3.58. The first kappa shape index (κ1) is 17.0. The van der Waals surface area contributed by atoms with E-state index in [-0.39, 0.29) is 5.91 Å². The molecule has 1 aromatic carbocycles. The van der Waals surface area contributed by atoms with Crippen molar-refractivity contribution in [3.8, 4) is 0 Å². The zero-order valence-corrected chi connectivity index (χ0v) is 14.3. The molecule has 0 atom stereocenters. The van der Waals surface area contributed by atoms with E-state index in [1.807, 2.05) is 30.3 Å². The van der Waals surface area contributed by atoms with Gasteiger partial charge in [-0.05, 0) is 30.7 Å². The zero-order valence-electron chi connectivity index (χ0n) is 12.7. The van der Waals surface area contributed by atoms with Gasteiger partial charge in [0.15, 0.2) is 0 Å².